The number of ketones is 2. The number of allylic oxidation sites excluding steroid dienone is 1. The third kappa shape index (κ3) is 3.55. The van der Waals surface area contributed by atoms with E-state index in [0.717, 1.165) is 5.56 Å². The highest BCUT2D eigenvalue weighted by Gasteiger charge is 2.60. The Morgan fingerprint density at radius 3 is 2.14 bits per heavy atom. The minimum atomic E-state index is -1.36. The first-order chi connectivity index (χ1) is 17.0. The molecule has 0 saturated carbocycles. The van der Waals surface area contributed by atoms with Gasteiger partial charge in [-0.3, -0.25) is 14.6 Å². The number of carbonyl (C=O) groups excluding carboxylic acids is 3. The smallest absolute Gasteiger partial charge is 0.336 e. The van der Waals surface area contributed by atoms with Crippen molar-refractivity contribution in [3.63, 3.8) is 0 Å². The molecule has 5 nitrogen and oxygen atoms in total. The van der Waals surface area contributed by atoms with Gasteiger partial charge in [-0.25, -0.2) is 4.79 Å². The molecule has 0 amide bonds. The maximum atomic E-state index is 14.3. The fraction of sp³-hybridized carbons (Fsp3) is 0.200. The van der Waals surface area contributed by atoms with Crippen LogP contribution in [0.4, 0.5) is 0 Å². The standard InChI is InChI=1S/C30H25NO4/c1-3-35-29(34)25-19(2)31-27-22-16-10-11-17-23(22)28(33)30(27,26(25)21-14-8-5-9-15-21)18-24(32)20-12-6-4-7-13-20/h4-17,26H,3,18H2,1-2H3. The molecule has 5 rings (SSSR count). The van der Waals surface area contributed by atoms with Crippen LogP contribution in [0.25, 0.3) is 0 Å². The van der Waals surface area contributed by atoms with Gasteiger partial charge in [-0.1, -0.05) is 84.9 Å². The molecular weight excluding hydrogens is 438 g/mol. The first-order valence-electron chi connectivity index (χ1n) is 11.7. The fourth-order valence-corrected chi connectivity index (χ4v) is 5.40. The van der Waals surface area contributed by atoms with Crippen molar-refractivity contribution in [1.29, 1.82) is 0 Å². The molecule has 2 atom stereocenters. The molecule has 1 aliphatic carbocycles. The third-order valence-electron chi connectivity index (χ3n) is 6.87. The van der Waals surface area contributed by atoms with E-state index < -0.39 is 17.3 Å². The van der Waals surface area contributed by atoms with Crippen LogP contribution in [0.5, 0.6) is 0 Å². The topological polar surface area (TPSA) is 72.8 Å². The molecule has 1 heterocycles. The zero-order chi connectivity index (χ0) is 24.6. The predicted octanol–water partition coefficient (Wildman–Crippen LogP) is 5.57. The summed E-state index contributed by atoms with van der Waals surface area (Å²) in [6.45, 7) is 3.70. The summed E-state index contributed by atoms with van der Waals surface area (Å²) >= 11 is 0. The molecular formula is C30H25NO4. The largest absolute Gasteiger partial charge is 0.463 e. The van der Waals surface area contributed by atoms with Crippen LogP contribution in [0, 0.1) is 5.41 Å². The quantitative estimate of drug-likeness (QED) is 0.354. The van der Waals surface area contributed by atoms with E-state index >= 15 is 0 Å². The summed E-state index contributed by atoms with van der Waals surface area (Å²) in [5, 5.41) is 0. The van der Waals surface area contributed by atoms with Gasteiger partial charge in [0.05, 0.1) is 23.3 Å². The second kappa shape index (κ2) is 8.91. The molecule has 0 saturated heterocycles. The molecule has 3 aromatic rings. The van der Waals surface area contributed by atoms with E-state index in [2.05, 4.69) is 0 Å². The normalized spacial score (nSPS) is 20.7. The minimum Gasteiger partial charge on any atom is -0.463 e. The number of esters is 1. The lowest BCUT2D eigenvalue weighted by molar-refractivity contribution is -0.139. The second-order valence-electron chi connectivity index (χ2n) is 8.84. The number of hydrogen-bond donors (Lipinski definition) is 0. The van der Waals surface area contributed by atoms with Gasteiger partial charge in [0, 0.05) is 34.7 Å². The molecule has 3 aromatic carbocycles. The van der Waals surface area contributed by atoms with Crippen LogP contribution in [-0.2, 0) is 9.53 Å². The van der Waals surface area contributed by atoms with Crippen LogP contribution in [0.3, 0.4) is 0 Å². The number of ether oxygens (including phenoxy) is 1. The molecule has 35 heavy (non-hydrogen) atoms. The summed E-state index contributed by atoms with van der Waals surface area (Å²) in [6.07, 6.45) is -0.112. The summed E-state index contributed by atoms with van der Waals surface area (Å²) in [6, 6.07) is 25.7. The second-order valence-corrected chi connectivity index (χ2v) is 8.84. The Morgan fingerprint density at radius 1 is 0.886 bits per heavy atom. The Kier molecular flexibility index (Phi) is 5.77. The van der Waals surface area contributed by atoms with Gasteiger partial charge in [-0.15, -0.1) is 0 Å². The zero-order valence-corrected chi connectivity index (χ0v) is 19.7. The van der Waals surface area contributed by atoms with Gasteiger partial charge in [0.1, 0.15) is 0 Å². The summed E-state index contributed by atoms with van der Waals surface area (Å²) < 4.78 is 5.44. The first kappa shape index (κ1) is 22.7. The summed E-state index contributed by atoms with van der Waals surface area (Å²) in [5.74, 6) is -1.61. The Labute approximate surface area is 204 Å². The van der Waals surface area contributed by atoms with Crippen LogP contribution in [0.1, 0.15) is 58.0 Å². The lowest BCUT2D eigenvalue weighted by atomic mass is 9.61. The number of fused-ring (bicyclic) bond motifs is 3. The molecule has 0 radical (unpaired) electrons. The lowest BCUT2D eigenvalue weighted by Crippen LogP contribution is -2.46. The Balaban J connectivity index is 1.80. The molecule has 1 aliphatic heterocycles. The van der Waals surface area contributed by atoms with Crippen molar-refractivity contribution in [2.75, 3.05) is 6.61 Å². The highest BCUT2D eigenvalue weighted by molar-refractivity contribution is 6.34. The van der Waals surface area contributed by atoms with E-state index in [1.165, 1.54) is 0 Å². The van der Waals surface area contributed by atoms with Crippen molar-refractivity contribution >= 4 is 23.2 Å². The lowest BCUT2D eigenvalue weighted by Gasteiger charge is -2.40. The SMILES string of the molecule is CCOC(=O)C1=C(C)N=C2c3ccccc3C(=O)C2(CC(=O)c2ccccc2)C1c1ccccc1. The van der Waals surface area contributed by atoms with Gasteiger partial charge >= 0.3 is 5.97 Å². The number of benzene rings is 3. The Morgan fingerprint density at radius 2 is 1.49 bits per heavy atom. The van der Waals surface area contributed by atoms with Crippen LogP contribution in [-0.4, -0.2) is 29.9 Å². The molecule has 2 aliphatic rings. The number of rotatable bonds is 6. The van der Waals surface area contributed by atoms with E-state index in [1.54, 1.807) is 44.2 Å². The monoisotopic (exact) mass is 463 g/mol. The van der Waals surface area contributed by atoms with Crippen molar-refractivity contribution < 1.29 is 19.1 Å². The Hall–Kier alpha value is -4.12. The number of aliphatic imine (C=N–C) groups is 1. The van der Waals surface area contributed by atoms with E-state index in [0.29, 0.717) is 33.7 Å². The van der Waals surface area contributed by atoms with Crippen molar-refractivity contribution in [2.45, 2.75) is 26.2 Å². The van der Waals surface area contributed by atoms with Gasteiger partial charge in [0.15, 0.2) is 11.6 Å². The van der Waals surface area contributed by atoms with Crippen LogP contribution >= 0.6 is 0 Å². The summed E-state index contributed by atoms with van der Waals surface area (Å²) in [5.41, 5.74) is 2.52. The van der Waals surface area contributed by atoms with Crippen LogP contribution < -0.4 is 0 Å². The van der Waals surface area contributed by atoms with Gasteiger partial charge in [-0.05, 0) is 19.4 Å². The number of nitrogens with zero attached hydrogens (tertiary/aromatic N) is 1. The highest BCUT2D eigenvalue weighted by Crippen LogP contribution is 2.56. The van der Waals surface area contributed by atoms with Crippen molar-refractivity contribution in [3.8, 4) is 0 Å². The number of hydrogen-bond acceptors (Lipinski definition) is 5. The zero-order valence-electron chi connectivity index (χ0n) is 19.7. The average Bonchev–Trinajstić information content (AvgIpc) is 3.12. The maximum absolute atomic E-state index is 14.3. The van der Waals surface area contributed by atoms with Crippen LogP contribution in [0.15, 0.2) is 101 Å². The van der Waals surface area contributed by atoms with Gasteiger partial charge in [0.25, 0.3) is 0 Å². The molecule has 0 aromatic heterocycles. The van der Waals surface area contributed by atoms with Crippen molar-refractivity contribution in [3.05, 3.63) is 118 Å². The van der Waals surface area contributed by atoms with E-state index in [9.17, 15) is 14.4 Å². The molecule has 2 unspecified atom stereocenters. The molecule has 5 heteroatoms. The number of carbonyl (C=O) groups is 3. The highest BCUT2D eigenvalue weighted by atomic mass is 16.5. The fourth-order valence-electron chi connectivity index (χ4n) is 5.40. The minimum absolute atomic E-state index is 0.112. The predicted molar refractivity (Wildman–Crippen MR) is 134 cm³/mol. The molecule has 0 bridgehead atoms. The van der Waals surface area contributed by atoms with Crippen molar-refractivity contribution in [1.82, 2.24) is 0 Å². The molecule has 174 valence electrons. The van der Waals surface area contributed by atoms with Crippen LogP contribution in [0.2, 0.25) is 0 Å². The first-order valence-corrected chi connectivity index (χ1v) is 11.7. The van der Waals surface area contributed by atoms with Gasteiger partial charge < -0.3 is 4.74 Å². The van der Waals surface area contributed by atoms with Crippen molar-refractivity contribution in [2.24, 2.45) is 10.4 Å². The molecule has 0 spiro atoms. The van der Waals surface area contributed by atoms with E-state index in [4.69, 9.17) is 9.73 Å². The average molecular weight is 464 g/mol. The summed E-state index contributed by atoms with van der Waals surface area (Å²) in [7, 11) is 0. The van der Waals surface area contributed by atoms with E-state index in [1.807, 2.05) is 54.6 Å². The maximum Gasteiger partial charge on any atom is 0.336 e. The third-order valence-corrected chi connectivity index (χ3v) is 6.87. The Bertz CT molecular complexity index is 1390. The van der Waals surface area contributed by atoms with Gasteiger partial charge in [-0.2, -0.15) is 0 Å². The number of Topliss-reactive ketones (excluding diaryl/α,β-unsaturated/α-hetero) is 2. The molecule has 0 N–H and O–H groups in total. The van der Waals surface area contributed by atoms with Gasteiger partial charge in [0.2, 0.25) is 0 Å². The summed E-state index contributed by atoms with van der Waals surface area (Å²) in [4.78, 5) is 46.1. The van der Waals surface area contributed by atoms with E-state index in [-0.39, 0.29) is 24.6 Å². The molecule has 0 fully saturated rings.